The second-order valence-corrected chi connectivity index (χ2v) is 12.3. The summed E-state index contributed by atoms with van der Waals surface area (Å²) in [6.07, 6.45) is 9.16. The normalized spacial score (nSPS) is 27.0. The van der Waals surface area contributed by atoms with Crippen LogP contribution in [0.15, 0.2) is 34.8 Å². The van der Waals surface area contributed by atoms with Gasteiger partial charge in [-0.25, -0.2) is 0 Å². The van der Waals surface area contributed by atoms with Gasteiger partial charge in [-0.15, -0.1) is 33.5 Å². The SMILES string of the molecule is C=Cc1c2[n-]c(c1C)/C=C1\[N-]C(C3=C4[N-]C(=C(C)[C@H]4C(=O)[C@@H]3C(=O)OC)/C=c3\[n-]/c(c(C)c3CC)=C\2)[C@@H](CCC(=O)OC)[C@@H]1C.[Mg+2]. The Morgan fingerprint density at radius 3 is 2.39 bits per heavy atom. The van der Waals surface area contributed by atoms with Crippen LogP contribution in [0.1, 0.15) is 67.3 Å². The van der Waals surface area contributed by atoms with E-state index in [-0.39, 0.29) is 53.1 Å². The van der Waals surface area contributed by atoms with Gasteiger partial charge in [-0.05, 0) is 51.0 Å². The summed E-state index contributed by atoms with van der Waals surface area (Å²) in [4.78, 5) is 49.7. The first kappa shape index (κ1) is 33.6. The molecule has 0 aromatic carbocycles. The molecule has 5 atom stereocenters. The molecule has 9 nitrogen and oxygen atoms in total. The molecule has 10 heteroatoms. The Hall–Kier alpha value is -3.76. The molecule has 1 unspecified atom stereocenters. The molecule has 4 aliphatic rings. The zero-order valence-electron chi connectivity index (χ0n) is 27.6. The van der Waals surface area contributed by atoms with E-state index in [4.69, 9.17) is 30.1 Å². The molecule has 0 radical (unpaired) electrons. The third-order valence-electron chi connectivity index (χ3n) is 10.1. The first-order valence-electron chi connectivity index (χ1n) is 15.5. The summed E-state index contributed by atoms with van der Waals surface area (Å²) in [6, 6.07) is -0.565. The van der Waals surface area contributed by atoms with Crippen molar-refractivity contribution in [2.24, 2.45) is 23.7 Å². The maximum atomic E-state index is 14.1. The van der Waals surface area contributed by atoms with Crippen LogP contribution in [0, 0.1) is 37.5 Å². The maximum absolute atomic E-state index is 14.1. The van der Waals surface area contributed by atoms with Gasteiger partial charge in [0, 0.05) is 12.3 Å². The smallest absolute Gasteiger partial charge is 0.681 e. The van der Waals surface area contributed by atoms with Crippen LogP contribution in [0.3, 0.4) is 0 Å². The van der Waals surface area contributed by atoms with Crippen LogP contribution in [0.5, 0.6) is 0 Å². The molecular formula is C36H38MgN4O5-2. The van der Waals surface area contributed by atoms with E-state index in [1.54, 1.807) is 0 Å². The number of hydrogen-bond acceptors (Lipinski definition) is 5. The molecule has 0 N–H and O–H groups in total. The molecule has 3 aliphatic heterocycles. The summed E-state index contributed by atoms with van der Waals surface area (Å²) in [5, 5.41) is 11.9. The number of rotatable bonds is 6. The van der Waals surface area contributed by atoms with Gasteiger partial charge in [0.2, 0.25) is 0 Å². The standard InChI is InChI=1S/C36H38N4O5.Mg/c1-9-20-16(3)23-13-25-18(5)22(11-12-29(41)44-7)33(39-25)31-32(36(43)45-8)35(42)30-19(6)26(40-34(30)31)15-28-21(10-2)17(4)24(38-28)14-27(20)37-23;/h9,13-15,18,22,30,32-33H,1,10-12H2,2-8H3;/q-4;+2/b24-14-,25-13-,28-15-;/t18-,22-,30+,32+,33?;/m0./s1. The summed E-state index contributed by atoms with van der Waals surface area (Å²) in [5.74, 6) is -3.30. The van der Waals surface area contributed by atoms with E-state index in [1.165, 1.54) is 14.2 Å². The van der Waals surface area contributed by atoms with E-state index in [2.05, 4.69) is 27.4 Å². The Kier molecular flexibility index (Phi) is 9.34. The maximum Gasteiger partial charge on any atom is 2.00 e. The minimum atomic E-state index is -1.13. The number of carbonyl (C=O) groups excluding carboxylic acids is 3. The molecule has 6 rings (SSSR count). The summed E-state index contributed by atoms with van der Waals surface area (Å²) in [6.45, 7) is 14.2. The Labute approximate surface area is 285 Å². The van der Waals surface area contributed by atoms with Gasteiger partial charge in [0.05, 0.1) is 14.2 Å². The van der Waals surface area contributed by atoms with Crippen LogP contribution in [0.2, 0.25) is 0 Å². The third kappa shape index (κ3) is 5.19. The molecule has 1 saturated heterocycles. The monoisotopic (exact) mass is 630 g/mol. The fourth-order valence-corrected chi connectivity index (χ4v) is 7.49. The largest absolute Gasteiger partial charge is 2.00 e. The number of methoxy groups -OCH3 is 2. The van der Waals surface area contributed by atoms with Crippen LogP contribution in [0.25, 0.3) is 34.9 Å². The molecule has 0 amide bonds. The molecule has 46 heavy (non-hydrogen) atoms. The number of Topliss-reactive ketones (excluding diaryl/α,β-unsaturated/α-hetero) is 1. The molecule has 1 aliphatic carbocycles. The summed E-state index contributed by atoms with van der Waals surface area (Å²) in [7, 11) is 2.66. The van der Waals surface area contributed by atoms with Crippen LogP contribution < -0.4 is 20.7 Å². The number of hydrogen-bond donors (Lipinski definition) is 0. The fourth-order valence-electron chi connectivity index (χ4n) is 7.49. The third-order valence-corrected chi connectivity index (χ3v) is 10.1. The predicted octanol–water partition coefficient (Wildman–Crippen LogP) is 3.87. The van der Waals surface area contributed by atoms with Crippen LogP contribution in [-0.2, 0) is 30.3 Å². The predicted molar refractivity (Wildman–Crippen MR) is 178 cm³/mol. The van der Waals surface area contributed by atoms with Gasteiger partial charge in [0.1, 0.15) is 5.92 Å². The Morgan fingerprint density at radius 2 is 1.74 bits per heavy atom. The molecule has 0 spiro atoms. The van der Waals surface area contributed by atoms with E-state index in [9.17, 15) is 14.4 Å². The summed E-state index contributed by atoms with van der Waals surface area (Å²) in [5.41, 5.74) is 8.95. The van der Waals surface area contributed by atoms with Crippen LogP contribution in [-0.4, -0.2) is 61.0 Å². The number of ether oxygens (including phenoxy) is 2. The van der Waals surface area contributed by atoms with Crippen LogP contribution in [0.4, 0.5) is 0 Å². The van der Waals surface area contributed by atoms with Gasteiger partial charge in [-0.1, -0.05) is 78.6 Å². The van der Waals surface area contributed by atoms with Gasteiger partial charge in [0.25, 0.3) is 0 Å². The Bertz CT molecular complexity index is 1870. The van der Waals surface area contributed by atoms with Crippen molar-refractivity contribution in [2.45, 2.75) is 59.9 Å². The van der Waals surface area contributed by atoms with Gasteiger partial charge in [-0.3, -0.25) is 14.4 Å². The number of esters is 2. The van der Waals surface area contributed by atoms with E-state index in [0.29, 0.717) is 23.4 Å². The summed E-state index contributed by atoms with van der Waals surface area (Å²) >= 11 is 0. The molecule has 1 fully saturated rings. The number of fused-ring (bicyclic) bond motifs is 8. The number of aromatic nitrogens is 2. The average Bonchev–Trinajstić information content (AvgIpc) is 3.76. The van der Waals surface area contributed by atoms with Crippen molar-refractivity contribution in [3.05, 3.63) is 89.8 Å². The molecule has 0 saturated carbocycles. The van der Waals surface area contributed by atoms with Crippen molar-refractivity contribution in [2.75, 3.05) is 14.2 Å². The second kappa shape index (κ2) is 12.8. The minimum absolute atomic E-state index is 0. The number of allylic oxidation sites excluding steroid dienone is 3. The van der Waals surface area contributed by atoms with Gasteiger partial charge in [0.15, 0.2) is 5.78 Å². The Morgan fingerprint density at radius 1 is 1.00 bits per heavy atom. The quantitative estimate of drug-likeness (QED) is 0.269. The topological polar surface area (TPSA) is 126 Å². The first-order valence-corrected chi connectivity index (χ1v) is 15.5. The van der Waals surface area contributed by atoms with E-state index >= 15 is 0 Å². The van der Waals surface area contributed by atoms with E-state index < -0.39 is 23.8 Å². The van der Waals surface area contributed by atoms with Gasteiger partial charge < -0.3 is 30.1 Å². The van der Waals surface area contributed by atoms with Gasteiger partial charge in [-0.2, -0.15) is 5.70 Å². The van der Waals surface area contributed by atoms with Crippen molar-refractivity contribution in [3.8, 4) is 0 Å². The Balaban J connectivity index is 0.00000417. The number of carbonyl (C=O) groups is 3. The average molecular weight is 631 g/mol. The van der Waals surface area contributed by atoms with Crippen LogP contribution >= 0.6 is 0 Å². The molecule has 8 bridgehead atoms. The van der Waals surface area contributed by atoms with E-state index in [0.717, 1.165) is 62.0 Å². The molecular weight excluding hydrogens is 593 g/mol. The van der Waals surface area contributed by atoms with Crippen molar-refractivity contribution >= 4 is 65.1 Å². The van der Waals surface area contributed by atoms with Crippen molar-refractivity contribution in [1.82, 2.24) is 9.97 Å². The molecule has 236 valence electrons. The van der Waals surface area contributed by atoms with Crippen molar-refractivity contribution in [1.29, 1.82) is 0 Å². The molecule has 2 aromatic heterocycles. The summed E-state index contributed by atoms with van der Waals surface area (Å²) < 4.78 is 10.1. The number of nitrogens with zero attached hydrogens (tertiary/aromatic N) is 4. The van der Waals surface area contributed by atoms with Crippen molar-refractivity contribution < 1.29 is 23.9 Å². The zero-order chi connectivity index (χ0) is 32.3. The number of ketones is 1. The minimum Gasteiger partial charge on any atom is -0.681 e. The molecule has 5 heterocycles. The zero-order valence-corrected chi connectivity index (χ0v) is 29.0. The second-order valence-electron chi connectivity index (χ2n) is 12.3. The van der Waals surface area contributed by atoms with E-state index in [1.807, 2.05) is 38.2 Å². The van der Waals surface area contributed by atoms with Crippen molar-refractivity contribution in [3.63, 3.8) is 0 Å². The van der Waals surface area contributed by atoms with Gasteiger partial charge >= 0.3 is 35.0 Å². The molecule has 2 aromatic rings. The fraction of sp³-hybridized carbons (Fsp3) is 0.417. The first-order chi connectivity index (χ1) is 21.5.